The zero-order chi connectivity index (χ0) is 50.7. The first-order chi connectivity index (χ1) is 34.5. The average molecular weight is 980 g/mol. The lowest BCUT2D eigenvalue weighted by atomic mass is 10.0. The summed E-state index contributed by atoms with van der Waals surface area (Å²) in [5.41, 5.74) is 0. The molecule has 1 unspecified atom stereocenters. The Morgan fingerprint density at radius 2 is 0.557 bits per heavy atom. The Labute approximate surface area is 434 Å². The predicted octanol–water partition coefficient (Wildman–Crippen LogP) is 20.4. The van der Waals surface area contributed by atoms with Crippen molar-refractivity contribution < 1.29 is 28.6 Å². The summed E-state index contributed by atoms with van der Waals surface area (Å²) in [4.78, 5) is 38.2. The van der Waals surface area contributed by atoms with Crippen LogP contribution in [0.4, 0.5) is 0 Å². The predicted molar refractivity (Wildman–Crippen MR) is 302 cm³/mol. The summed E-state index contributed by atoms with van der Waals surface area (Å²) in [5.74, 6) is -0.873. The molecule has 6 heteroatoms. The van der Waals surface area contributed by atoms with E-state index in [-0.39, 0.29) is 31.1 Å². The lowest BCUT2D eigenvalue weighted by Gasteiger charge is -2.18. The van der Waals surface area contributed by atoms with Gasteiger partial charge in [0, 0.05) is 19.3 Å². The Hall–Kier alpha value is -2.89. The van der Waals surface area contributed by atoms with Gasteiger partial charge in [-0.25, -0.2) is 0 Å². The highest BCUT2D eigenvalue weighted by Gasteiger charge is 2.19. The largest absolute Gasteiger partial charge is 0.462 e. The van der Waals surface area contributed by atoms with Gasteiger partial charge in [0.05, 0.1) is 0 Å². The molecular formula is C64H114O6. The van der Waals surface area contributed by atoms with Gasteiger partial charge in [-0.05, 0) is 83.5 Å². The summed E-state index contributed by atoms with van der Waals surface area (Å²) in [6, 6.07) is 0. The van der Waals surface area contributed by atoms with Crippen molar-refractivity contribution in [3.8, 4) is 0 Å². The quantitative estimate of drug-likeness (QED) is 0.0261. The van der Waals surface area contributed by atoms with Crippen LogP contribution in [0.2, 0.25) is 0 Å². The second kappa shape index (κ2) is 58.7. The maximum absolute atomic E-state index is 12.9. The molecule has 0 saturated carbocycles. The molecule has 6 nitrogen and oxygen atoms in total. The Balaban J connectivity index is 4.31. The van der Waals surface area contributed by atoms with Crippen molar-refractivity contribution in [2.75, 3.05) is 13.2 Å². The third-order valence-electron chi connectivity index (χ3n) is 13.3. The van der Waals surface area contributed by atoms with Crippen molar-refractivity contribution in [2.45, 2.75) is 316 Å². The number of unbranched alkanes of at least 4 members (excludes halogenated alkanes) is 34. The van der Waals surface area contributed by atoms with Crippen molar-refractivity contribution in [2.24, 2.45) is 0 Å². The normalized spacial score (nSPS) is 12.4. The number of hydrogen-bond acceptors (Lipinski definition) is 6. The minimum Gasteiger partial charge on any atom is -0.462 e. The molecule has 0 heterocycles. The fraction of sp³-hybridized carbons (Fsp3) is 0.797. The zero-order valence-corrected chi connectivity index (χ0v) is 46.5. The standard InChI is InChI=1S/C64H114O6/c1-4-7-10-13-16-19-22-25-27-29-30-31-32-33-34-35-37-39-42-45-48-51-54-57-63(66)69-60-61(59-68-62(65)56-53-50-47-44-41-38-24-21-18-15-12-9-6-3)70-64(67)58-55-52-49-46-43-40-36-28-26-23-20-17-14-11-8-5-2/h7,10,16,19,25,27-28,30-31,36,61H,4-6,8-9,11-15,17-18,20-24,26,29,32-35,37-60H2,1-3H3/b10-7-,19-16-,27-25-,31-30-,36-28-. The Kier molecular flexibility index (Phi) is 56.3. The minimum absolute atomic E-state index is 0.0753. The fourth-order valence-electron chi connectivity index (χ4n) is 8.72. The van der Waals surface area contributed by atoms with E-state index >= 15 is 0 Å². The van der Waals surface area contributed by atoms with Gasteiger partial charge in [-0.2, -0.15) is 0 Å². The van der Waals surface area contributed by atoms with Crippen molar-refractivity contribution in [3.63, 3.8) is 0 Å². The average Bonchev–Trinajstić information content (AvgIpc) is 3.36. The van der Waals surface area contributed by atoms with E-state index < -0.39 is 6.10 Å². The summed E-state index contributed by atoms with van der Waals surface area (Å²) in [6.45, 7) is 6.55. The second-order valence-corrected chi connectivity index (χ2v) is 20.2. The molecule has 0 aliphatic rings. The van der Waals surface area contributed by atoms with Crippen LogP contribution in [0.15, 0.2) is 60.8 Å². The third-order valence-corrected chi connectivity index (χ3v) is 13.3. The summed E-state index contributed by atoms with van der Waals surface area (Å²) >= 11 is 0. The van der Waals surface area contributed by atoms with Crippen molar-refractivity contribution in [1.29, 1.82) is 0 Å². The molecule has 0 N–H and O–H groups in total. The van der Waals surface area contributed by atoms with Crippen LogP contribution in [0.25, 0.3) is 0 Å². The van der Waals surface area contributed by atoms with E-state index in [1.54, 1.807) is 0 Å². The Bertz CT molecular complexity index is 1260. The molecule has 0 aromatic heterocycles. The van der Waals surface area contributed by atoms with Crippen LogP contribution < -0.4 is 0 Å². The Morgan fingerprint density at radius 3 is 0.886 bits per heavy atom. The number of esters is 3. The molecule has 0 aromatic carbocycles. The molecule has 0 saturated heterocycles. The fourth-order valence-corrected chi connectivity index (χ4v) is 8.72. The highest BCUT2D eigenvalue weighted by molar-refractivity contribution is 5.71. The van der Waals surface area contributed by atoms with Gasteiger partial charge in [0.15, 0.2) is 6.10 Å². The van der Waals surface area contributed by atoms with E-state index in [4.69, 9.17) is 14.2 Å². The molecule has 0 fully saturated rings. The summed E-state index contributed by atoms with van der Waals surface area (Å²) in [5, 5.41) is 0. The molecule has 0 amide bonds. The summed E-state index contributed by atoms with van der Waals surface area (Å²) in [6.07, 6.45) is 73.6. The second-order valence-electron chi connectivity index (χ2n) is 20.2. The monoisotopic (exact) mass is 979 g/mol. The van der Waals surface area contributed by atoms with Gasteiger partial charge in [0.2, 0.25) is 0 Å². The lowest BCUT2D eigenvalue weighted by molar-refractivity contribution is -0.167. The molecule has 0 rings (SSSR count). The molecule has 0 spiro atoms. The van der Waals surface area contributed by atoms with Crippen LogP contribution in [0.1, 0.15) is 310 Å². The SMILES string of the molecule is CC/C=C\C/C=C\C/C=C\C/C=C\CCCCCCCCCCCCC(=O)OCC(COC(=O)CCCCCCCCCCCCCCC)OC(=O)CCCCCCC/C=C\CCCCCCCCC. The lowest BCUT2D eigenvalue weighted by Crippen LogP contribution is -2.30. The van der Waals surface area contributed by atoms with Crippen LogP contribution >= 0.6 is 0 Å². The number of ether oxygens (including phenoxy) is 3. The Morgan fingerprint density at radius 1 is 0.300 bits per heavy atom. The highest BCUT2D eigenvalue weighted by Crippen LogP contribution is 2.16. The zero-order valence-electron chi connectivity index (χ0n) is 46.5. The maximum atomic E-state index is 12.9. The molecular weight excluding hydrogens is 865 g/mol. The topological polar surface area (TPSA) is 78.9 Å². The van der Waals surface area contributed by atoms with Crippen molar-refractivity contribution in [1.82, 2.24) is 0 Å². The van der Waals surface area contributed by atoms with Crippen molar-refractivity contribution in [3.05, 3.63) is 60.8 Å². The van der Waals surface area contributed by atoms with E-state index in [0.29, 0.717) is 19.3 Å². The molecule has 0 aliphatic heterocycles. The smallest absolute Gasteiger partial charge is 0.306 e. The van der Waals surface area contributed by atoms with Gasteiger partial charge in [-0.1, -0.05) is 268 Å². The first-order valence-electron chi connectivity index (χ1n) is 30.3. The van der Waals surface area contributed by atoms with E-state index in [1.165, 1.54) is 180 Å². The first kappa shape index (κ1) is 67.1. The van der Waals surface area contributed by atoms with Gasteiger partial charge in [0.25, 0.3) is 0 Å². The van der Waals surface area contributed by atoms with Crippen LogP contribution in [-0.2, 0) is 28.6 Å². The molecule has 0 aromatic rings. The number of carbonyl (C=O) groups is 3. The summed E-state index contributed by atoms with van der Waals surface area (Å²) < 4.78 is 16.9. The molecule has 0 aliphatic carbocycles. The third kappa shape index (κ3) is 56.0. The number of hydrogen-bond donors (Lipinski definition) is 0. The molecule has 0 bridgehead atoms. The van der Waals surface area contributed by atoms with Crippen molar-refractivity contribution >= 4 is 17.9 Å². The van der Waals surface area contributed by atoms with E-state index in [1.807, 2.05) is 0 Å². The van der Waals surface area contributed by atoms with E-state index in [9.17, 15) is 14.4 Å². The van der Waals surface area contributed by atoms with Gasteiger partial charge >= 0.3 is 17.9 Å². The van der Waals surface area contributed by atoms with E-state index in [2.05, 4.69) is 81.5 Å². The van der Waals surface area contributed by atoms with Gasteiger partial charge in [-0.15, -0.1) is 0 Å². The minimum atomic E-state index is -0.778. The number of allylic oxidation sites excluding steroid dienone is 10. The van der Waals surface area contributed by atoms with Gasteiger partial charge in [-0.3, -0.25) is 14.4 Å². The van der Waals surface area contributed by atoms with Gasteiger partial charge < -0.3 is 14.2 Å². The molecule has 70 heavy (non-hydrogen) atoms. The molecule has 0 radical (unpaired) electrons. The van der Waals surface area contributed by atoms with Crippen LogP contribution in [0, 0.1) is 0 Å². The van der Waals surface area contributed by atoms with Crippen LogP contribution in [0.3, 0.4) is 0 Å². The maximum Gasteiger partial charge on any atom is 0.306 e. The van der Waals surface area contributed by atoms with Gasteiger partial charge in [0.1, 0.15) is 13.2 Å². The highest BCUT2D eigenvalue weighted by atomic mass is 16.6. The number of carbonyl (C=O) groups excluding carboxylic acids is 3. The van der Waals surface area contributed by atoms with E-state index in [0.717, 1.165) is 89.9 Å². The summed E-state index contributed by atoms with van der Waals surface area (Å²) in [7, 11) is 0. The molecule has 406 valence electrons. The number of rotatable bonds is 55. The first-order valence-corrected chi connectivity index (χ1v) is 30.3. The van der Waals surface area contributed by atoms with Crippen LogP contribution in [0.5, 0.6) is 0 Å². The molecule has 1 atom stereocenters. The van der Waals surface area contributed by atoms with Crippen LogP contribution in [-0.4, -0.2) is 37.2 Å².